The maximum Gasteiger partial charge on any atom is 0.100 e. The van der Waals surface area contributed by atoms with Gasteiger partial charge in [-0.25, -0.2) is 0 Å². The highest BCUT2D eigenvalue weighted by Gasteiger charge is 2.37. The number of aliphatic hydroxyl groups excluding tert-OH is 1. The van der Waals surface area contributed by atoms with Crippen LogP contribution in [-0.2, 0) is 7.05 Å². The molecule has 0 bridgehead atoms. The second-order valence-corrected chi connectivity index (χ2v) is 4.73. The summed E-state index contributed by atoms with van der Waals surface area (Å²) in [7, 11) is 1.87. The fourth-order valence-electron chi connectivity index (χ4n) is 2.48. The predicted octanol–water partition coefficient (Wildman–Crippen LogP) is 1.96. The molecule has 1 aromatic rings. The SMILES string of the molecule is CCN(CC)C(C)(CC)C(O)c1cnn(C)c1. The van der Waals surface area contributed by atoms with E-state index in [1.54, 1.807) is 10.9 Å². The number of hydrogen-bond donors (Lipinski definition) is 1. The molecule has 1 heterocycles. The van der Waals surface area contributed by atoms with Crippen molar-refractivity contribution in [2.45, 2.75) is 45.8 Å². The molecule has 0 saturated carbocycles. The van der Waals surface area contributed by atoms with Crippen molar-refractivity contribution in [2.75, 3.05) is 13.1 Å². The van der Waals surface area contributed by atoms with Crippen LogP contribution in [0.2, 0.25) is 0 Å². The normalized spacial score (nSPS) is 17.1. The van der Waals surface area contributed by atoms with Gasteiger partial charge in [0.1, 0.15) is 6.10 Å². The number of aliphatic hydroxyl groups is 1. The molecule has 0 radical (unpaired) electrons. The first-order valence-electron chi connectivity index (χ1n) is 6.41. The van der Waals surface area contributed by atoms with Crippen molar-refractivity contribution in [3.05, 3.63) is 18.0 Å². The van der Waals surface area contributed by atoms with Crippen LogP contribution in [0.4, 0.5) is 0 Å². The van der Waals surface area contributed by atoms with Crippen LogP contribution in [0.25, 0.3) is 0 Å². The van der Waals surface area contributed by atoms with Gasteiger partial charge in [-0.2, -0.15) is 5.10 Å². The molecule has 0 saturated heterocycles. The summed E-state index contributed by atoms with van der Waals surface area (Å²) in [4.78, 5) is 2.31. The molecule has 2 unspecified atom stereocenters. The molecule has 0 aliphatic rings. The minimum Gasteiger partial charge on any atom is -0.386 e. The van der Waals surface area contributed by atoms with E-state index in [1.807, 2.05) is 13.2 Å². The number of rotatable bonds is 6. The zero-order valence-electron chi connectivity index (χ0n) is 11.6. The number of aryl methyl sites for hydroxylation is 1. The number of likely N-dealkylation sites (N-methyl/N-ethyl adjacent to an activating group) is 1. The lowest BCUT2D eigenvalue weighted by molar-refractivity contribution is -0.0214. The Bertz CT molecular complexity index is 346. The molecule has 0 spiro atoms. The van der Waals surface area contributed by atoms with E-state index >= 15 is 0 Å². The Kier molecular flexibility index (Phi) is 4.71. The average molecular weight is 239 g/mol. The van der Waals surface area contributed by atoms with Crippen LogP contribution in [-0.4, -0.2) is 38.4 Å². The fourth-order valence-corrected chi connectivity index (χ4v) is 2.48. The first-order valence-corrected chi connectivity index (χ1v) is 6.41. The third-order valence-electron chi connectivity index (χ3n) is 3.83. The van der Waals surface area contributed by atoms with Crippen LogP contribution in [0, 0.1) is 0 Å². The van der Waals surface area contributed by atoms with Gasteiger partial charge >= 0.3 is 0 Å². The van der Waals surface area contributed by atoms with Gasteiger partial charge in [-0.1, -0.05) is 20.8 Å². The monoisotopic (exact) mass is 239 g/mol. The molecule has 2 atom stereocenters. The Labute approximate surface area is 104 Å². The van der Waals surface area contributed by atoms with Crippen LogP contribution in [0.1, 0.15) is 45.8 Å². The molecular weight excluding hydrogens is 214 g/mol. The Morgan fingerprint density at radius 1 is 1.41 bits per heavy atom. The lowest BCUT2D eigenvalue weighted by atomic mass is 9.86. The minimum absolute atomic E-state index is 0.230. The first kappa shape index (κ1) is 14.2. The summed E-state index contributed by atoms with van der Waals surface area (Å²) >= 11 is 0. The van der Waals surface area contributed by atoms with Crippen LogP contribution >= 0.6 is 0 Å². The highest BCUT2D eigenvalue weighted by atomic mass is 16.3. The maximum atomic E-state index is 10.6. The van der Waals surface area contributed by atoms with E-state index < -0.39 is 6.10 Å². The number of hydrogen-bond acceptors (Lipinski definition) is 3. The molecule has 1 rings (SSSR count). The lowest BCUT2D eigenvalue weighted by Crippen LogP contribution is -2.50. The van der Waals surface area contributed by atoms with Crippen molar-refractivity contribution in [2.24, 2.45) is 7.05 Å². The molecule has 1 N–H and O–H groups in total. The summed E-state index contributed by atoms with van der Waals surface area (Å²) in [5.41, 5.74) is 0.663. The van der Waals surface area contributed by atoms with Crippen molar-refractivity contribution < 1.29 is 5.11 Å². The van der Waals surface area contributed by atoms with Crippen LogP contribution in [0.3, 0.4) is 0 Å². The van der Waals surface area contributed by atoms with Gasteiger partial charge in [0.25, 0.3) is 0 Å². The van der Waals surface area contributed by atoms with Crippen molar-refractivity contribution in [1.29, 1.82) is 0 Å². The van der Waals surface area contributed by atoms with Crippen LogP contribution in [0.15, 0.2) is 12.4 Å². The highest BCUT2D eigenvalue weighted by Crippen LogP contribution is 2.33. The molecule has 17 heavy (non-hydrogen) atoms. The van der Waals surface area contributed by atoms with Crippen molar-refractivity contribution in [3.63, 3.8) is 0 Å². The molecule has 0 fully saturated rings. The van der Waals surface area contributed by atoms with Gasteiger partial charge in [-0.05, 0) is 26.4 Å². The Morgan fingerprint density at radius 3 is 2.35 bits per heavy atom. The zero-order chi connectivity index (χ0) is 13.1. The summed E-state index contributed by atoms with van der Waals surface area (Å²) in [5, 5.41) is 14.7. The summed E-state index contributed by atoms with van der Waals surface area (Å²) < 4.78 is 1.73. The first-order chi connectivity index (χ1) is 7.99. The average Bonchev–Trinajstić information content (AvgIpc) is 2.76. The van der Waals surface area contributed by atoms with Gasteiger partial charge in [0.05, 0.1) is 6.20 Å². The summed E-state index contributed by atoms with van der Waals surface area (Å²) in [6.07, 6.45) is 4.05. The standard InChI is InChI=1S/C13H25N3O/c1-6-13(4,16(7-2)8-3)12(17)11-9-14-15(5)10-11/h9-10,12,17H,6-8H2,1-5H3. The van der Waals surface area contributed by atoms with Crippen molar-refractivity contribution in [3.8, 4) is 0 Å². The van der Waals surface area contributed by atoms with Crippen LogP contribution < -0.4 is 0 Å². The molecule has 1 aromatic heterocycles. The molecule has 98 valence electrons. The zero-order valence-corrected chi connectivity index (χ0v) is 11.6. The largest absolute Gasteiger partial charge is 0.386 e. The number of nitrogens with zero attached hydrogens (tertiary/aromatic N) is 3. The fraction of sp³-hybridized carbons (Fsp3) is 0.769. The second kappa shape index (κ2) is 5.65. The molecule has 0 amide bonds. The number of aromatic nitrogens is 2. The van der Waals surface area contributed by atoms with Crippen LogP contribution in [0.5, 0.6) is 0 Å². The summed E-state index contributed by atoms with van der Waals surface area (Å²) in [6, 6.07) is 0. The van der Waals surface area contributed by atoms with E-state index in [9.17, 15) is 5.11 Å². The molecule has 0 aromatic carbocycles. The Balaban J connectivity index is 2.99. The van der Waals surface area contributed by atoms with Crippen molar-refractivity contribution in [1.82, 2.24) is 14.7 Å². The second-order valence-electron chi connectivity index (χ2n) is 4.73. The van der Waals surface area contributed by atoms with Gasteiger partial charge in [-0.3, -0.25) is 9.58 Å². The van der Waals surface area contributed by atoms with Gasteiger partial charge < -0.3 is 5.11 Å². The van der Waals surface area contributed by atoms with E-state index in [0.29, 0.717) is 0 Å². The maximum absolute atomic E-state index is 10.6. The summed E-state index contributed by atoms with van der Waals surface area (Å²) in [6.45, 7) is 10.4. The Morgan fingerprint density at radius 2 is 2.00 bits per heavy atom. The molecule has 4 heteroatoms. The van der Waals surface area contributed by atoms with Gasteiger partial charge in [0.15, 0.2) is 0 Å². The topological polar surface area (TPSA) is 41.3 Å². The molecular formula is C13H25N3O. The van der Waals surface area contributed by atoms with E-state index in [1.165, 1.54) is 0 Å². The van der Waals surface area contributed by atoms with Gasteiger partial charge in [0, 0.05) is 24.3 Å². The van der Waals surface area contributed by atoms with E-state index in [4.69, 9.17) is 0 Å². The third-order valence-corrected chi connectivity index (χ3v) is 3.83. The highest BCUT2D eigenvalue weighted by molar-refractivity contribution is 5.14. The van der Waals surface area contributed by atoms with Crippen molar-refractivity contribution >= 4 is 0 Å². The molecule has 0 aliphatic carbocycles. The smallest absolute Gasteiger partial charge is 0.100 e. The minimum atomic E-state index is -0.499. The van der Waals surface area contributed by atoms with Gasteiger partial charge in [0.2, 0.25) is 0 Å². The van der Waals surface area contributed by atoms with E-state index in [0.717, 1.165) is 25.1 Å². The molecule has 0 aliphatic heterocycles. The van der Waals surface area contributed by atoms with E-state index in [-0.39, 0.29) is 5.54 Å². The molecule has 4 nitrogen and oxygen atoms in total. The van der Waals surface area contributed by atoms with E-state index in [2.05, 4.69) is 37.7 Å². The third kappa shape index (κ3) is 2.69. The quantitative estimate of drug-likeness (QED) is 0.825. The predicted molar refractivity (Wildman–Crippen MR) is 69.8 cm³/mol. The summed E-state index contributed by atoms with van der Waals surface area (Å²) in [5.74, 6) is 0. The van der Waals surface area contributed by atoms with Gasteiger partial charge in [-0.15, -0.1) is 0 Å². The lowest BCUT2D eigenvalue weighted by Gasteiger charge is -2.43. The Hall–Kier alpha value is -0.870.